The highest BCUT2D eigenvalue weighted by atomic mass is 16.2. The molecule has 0 saturated carbocycles. The summed E-state index contributed by atoms with van der Waals surface area (Å²) in [6.07, 6.45) is 0.518. The zero-order chi connectivity index (χ0) is 12.3. The summed E-state index contributed by atoms with van der Waals surface area (Å²) in [7, 11) is 0. The van der Waals surface area contributed by atoms with Gasteiger partial charge in [-0.25, -0.2) is 0 Å². The second-order valence-corrected chi connectivity index (χ2v) is 4.80. The van der Waals surface area contributed by atoms with Gasteiger partial charge in [-0.05, 0) is 19.4 Å². The molecule has 17 heavy (non-hydrogen) atoms. The first-order valence-electron chi connectivity index (χ1n) is 6.22. The Bertz CT molecular complexity index is 386. The number of carbonyl (C=O) groups excluding carboxylic acids is 1. The Hall–Kier alpha value is -1.35. The molecule has 3 nitrogen and oxygen atoms in total. The first-order valence-corrected chi connectivity index (χ1v) is 6.22. The van der Waals surface area contributed by atoms with Crippen LogP contribution in [0.3, 0.4) is 0 Å². The summed E-state index contributed by atoms with van der Waals surface area (Å²) in [4.78, 5) is 14.1. The van der Waals surface area contributed by atoms with E-state index in [-0.39, 0.29) is 5.91 Å². The maximum absolute atomic E-state index is 12.2. The van der Waals surface area contributed by atoms with Crippen LogP contribution < -0.4 is 5.32 Å². The van der Waals surface area contributed by atoms with Gasteiger partial charge in [-0.15, -0.1) is 0 Å². The molecule has 1 aliphatic heterocycles. The highest BCUT2D eigenvalue weighted by Crippen LogP contribution is 2.09. The number of hydrogen-bond acceptors (Lipinski definition) is 2. The first-order chi connectivity index (χ1) is 8.16. The quantitative estimate of drug-likeness (QED) is 0.835. The molecule has 0 spiro atoms. The zero-order valence-corrected chi connectivity index (χ0v) is 10.6. The van der Waals surface area contributed by atoms with Gasteiger partial charge >= 0.3 is 0 Å². The fourth-order valence-corrected chi connectivity index (χ4v) is 2.19. The molecule has 0 bridgehead atoms. The molecule has 0 aromatic heterocycles. The second kappa shape index (κ2) is 5.32. The van der Waals surface area contributed by atoms with E-state index in [1.807, 2.05) is 17.0 Å². The molecular formula is C14H20N2O. The molecule has 1 saturated heterocycles. The lowest BCUT2D eigenvalue weighted by atomic mass is 10.1. The van der Waals surface area contributed by atoms with Crippen molar-refractivity contribution >= 4 is 5.91 Å². The van der Waals surface area contributed by atoms with Crippen LogP contribution in [0.5, 0.6) is 0 Å². The van der Waals surface area contributed by atoms with Gasteiger partial charge in [0, 0.05) is 25.7 Å². The minimum atomic E-state index is 0.239. The minimum absolute atomic E-state index is 0.239. The Morgan fingerprint density at radius 1 is 1.41 bits per heavy atom. The second-order valence-electron chi connectivity index (χ2n) is 4.80. The molecule has 3 heteroatoms. The molecule has 1 fully saturated rings. The van der Waals surface area contributed by atoms with E-state index in [2.05, 4.69) is 31.3 Å². The summed E-state index contributed by atoms with van der Waals surface area (Å²) in [6, 6.07) is 8.51. The highest BCUT2D eigenvalue weighted by Gasteiger charge is 2.22. The van der Waals surface area contributed by atoms with Gasteiger partial charge < -0.3 is 10.2 Å². The molecule has 1 aromatic rings. The van der Waals surface area contributed by atoms with Crippen molar-refractivity contribution in [2.45, 2.75) is 26.3 Å². The van der Waals surface area contributed by atoms with Gasteiger partial charge in [0.1, 0.15) is 0 Å². The lowest BCUT2D eigenvalue weighted by Gasteiger charge is -2.34. The number of nitrogens with zero attached hydrogens (tertiary/aromatic N) is 1. The van der Waals surface area contributed by atoms with E-state index in [0.29, 0.717) is 12.5 Å². The predicted molar refractivity (Wildman–Crippen MR) is 68.9 cm³/mol. The summed E-state index contributed by atoms with van der Waals surface area (Å²) in [5.41, 5.74) is 2.34. The number of nitrogens with one attached hydrogen (secondary N) is 1. The molecule has 0 aliphatic carbocycles. The van der Waals surface area contributed by atoms with Crippen LogP contribution >= 0.6 is 0 Å². The summed E-state index contributed by atoms with van der Waals surface area (Å²) < 4.78 is 0. The van der Waals surface area contributed by atoms with Crippen LogP contribution in [0, 0.1) is 6.92 Å². The largest absolute Gasteiger partial charge is 0.337 e. The molecule has 1 atom stereocenters. The van der Waals surface area contributed by atoms with Crippen LogP contribution in [-0.4, -0.2) is 36.5 Å². The zero-order valence-electron chi connectivity index (χ0n) is 10.6. The van der Waals surface area contributed by atoms with E-state index < -0.39 is 0 Å². The van der Waals surface area contributed by atoms with E-state index in [9.17, 15) is 4.79 Å². The maximum atomic E-state index is 12.2. The van der Waals surface area contributed by atoms with Crippen LogP contribution in [-0.2, 0) is 11.2 Å². The predicted octanol–water partition coefficient (Wildman–Crippen LogP) is 1.36. The highest BCUT2D eigenvalue weighted by molar-refractivity contribution is 5.79. The third-order valence-electron chi connectivity index (χ3n) is 3.30. The molecule has 92 valence electrons. The van der Waals surface area contributed by atoms with Gasteiger partial charge in [-0.3, -0.25) is 4.79 Å². The smallest absolute Gasteiger partial charge is 0.227 e. The molecular weight excluding hydrogens is 212 g/mol. The number of aryl methyl sites for hydroxylation is 1. The Kier molecular flexibility index (Phi) is 3.79. The molecule has 1 amide bonds. The van der Waals surface area contributed by atoms with Crippen molar-refractivity contribution in [2.75, 3.05) is 19.6 Å². The summed E-state index contributed by atoms with van der Waals surface area (Å²) in [5.74, 6) is 0.239. The topological polar surface area (TPSA) is 32.3 Å². The molecule has 1 aromatic carbocycles. The minimum Gasteiger partial charge on any atom is -0.337 e. The van der Waals surface area contributed by atoms with E-state index in [1.54, 1.807) is 0 Å². The SMILES string of the molecule is Cc1ccc(CC(=O)N2CCNC[C@@H]2C)cc1. The summed E-state index contributed by atoms with van der Waals surface area (Å²) in [5, 5.41) is 3.30. The summed E-state index contributed by atoms with van der Waals surface area (Å²) in [6.45, 7) is 6.79. The van der Waals surface area contributed by atoms with Gasteiger partial charge in [-0.1, -0.05) is 29.8 Å². The van der Waals surface area contributed by atoms with Crippen LogP contribution in [0.15, 0.2) is 24.3 Å². The standard InChI is InChI=1S/C14H20N2O/c1-11-3-5-13(6-4-11)9-14(17)16-8-7-15-10-12(16)2/h3-6,12,15H,7-10H2,1-2H3/t12-/m0/s1. The number of hydrogen-bond donors (Lipinski definition) is 1. The Morgan fingerprint density at radius 2 is 2.12 bits per heavy atom. The fraction of sp³-hybridized carbons (Fsp3) is 0.500. The van der Waals surface area contributed by atoms with Gasteiger partial charge in [-0.2, -0.15) is 0 Å². The maximum Gasteiger partial charge on any atom is 0.227 e. The molecule has 1 N–H and O–H groups in total. The van der Waals surface area contributed by atoms with E-state index >= 15 is 0 Å². The van der Waals surface area contributed by atoms with Crippen molar-refractivity contribution in [1.29, 1.82) is 0 Å². The molecule has 2 rings (SSSR count). The average Bonchev–Trinajstić information content (AvgIpc) is 2.32. The number of rotatable bonds is 2. The lowest BCUT2D eigenvalue weighted by molar-refractivity contribution is -0.133. The number of piperazine rings is 1. The van der Waals surface area contributed by atoms with Gasteiger partial charge in [0.05, 0.1) is 6.42 Å². The van der Waals surface area contributed by atoms with Gasteiger partial charge in [0.15, 0.2) is 0 Å². The van der Waals surface area contributed by atoms with Crippen LogP contribution in [0.2, 0.25) is 0 Å². The third-order valence-corrected chi connectivity index (χ3v) is 3.30. The number of benzene rings is 1. The van der Waals surface area contributed by atoms with Gasteiger partial charge in [0.25, 0.3) is 0 Å². The monoisotopic (exact) mass is 232 g/mol. The van der Waals surface area contributed by atoms with Gasteiger partial charge in [0.2, 0.25) is 5.91 Å². The Labute approximate surface area is 103 Å². The Balaban J connectivity index is 1.98. The molecule has 0 radical (unpaired) electrons. The van der Waals surface area contributed by atoms with Crippen LogP contribution in [0.1, 0.15) is 18.1 Å². The number of carbonyl (C=O) groups is 1. The number of amides is 1. The van der Waals surface area contributed by atoms with Crippen molar-refractivity contribution in [1.82, 2.24) is 10.2 Å². The average molecular weight is 232 g/mol. The van der Waals surface area contributed by atoms with Crippen molar-refractivity contribution in [2.24, 2.45) is 0 Å². The van der Waals surface area contributed by atoms with E-state index in [1.165, 1.54) is 5.56 Å². The fourth-order valence-electron chi connectivity index (χ4n) is 2.19. The summed E-state index contributed by atoms with van der Waals surface area (Å²) >= 11 is 0. The lowest BCUT2D eigenvalue weighted by Crippen LogP contribution is -2.52. The van der Waals surface area contributed by atoms with Crippen LogP contribution in [0.25, 0.3) is 0 Å². The first kappa shape index (κ1) is 12.1. The van der Waals surface area contributed by atoms with Crippen LogP contribution in [0.4, 0.5) is 0 Å². The molecule has 1 aliphatic rings. The van der Waals surface area contributed by atoms with Crippen molar-refractivity contribution in [3.05, 3.63) is 35.4 Å². The van der Waals surface area contributed by atoms with E-state index in [0.717, 1.165) is 25.2 Å². The molecule has 0 unspecified atom stereocenters. The molecule has 1 heterocycles. The third kappa shape index (κ3) is 3.07. The van der Waals surface area contributed by atoms with Crippen molar-refractivity contribution in [3.8, 4) is 0 Å². The normalized spacial score (nSPS) is 20.4. The van der Waals surface area contributed by atoms with Crippen molar-refractivity contribution in [3.63, 3.8) is 0 Å². The van der Waals surface area contributed by atoms with E-state index in [4.69, 9.17) is 0 Å². The Morgan fingerprint density at radius 3 is 2.76 bits per heavy atom. The van der Waals surface area contributed by atoms with Crippen molar-refractivity contribution < 1.29 is 4.79 Å².